The lowest BCUT2D eigenvalue weighted by atomic mass is 9.95. The highest BCUT2D eigenvalue weighted by Crippen LogP contribution is 2.38. The predicted octanol–water partition coefficient (Wildman–Crippen LogP) is 3.30. The molecule has 154 valence electrons. The van der Waals surface area contributed by atoms with Crippen LogP contribution in [0.25, 0.3) is 0 Å². The molecule has 1 amide bonds. The highest BCUT2D eigenvalue weighted by atomic mass is 19.4. The highest BCUT2D eigenvalue weighted by molar-refractivity contribution is 5.98. The average Bonchev–Trinajstić information content (AvgIpc) is 2.71. The topological polar surface area (TPSA) is 58.6 Å². The lowest BCUT2D eigenvalue weighted by molar-refractivity contribution is -0.249. The zero-order valence-corrected chi connectivity index (χ0v) is 15.8. The van der Waals surface area contributed by atoms with Gasteiger partial charge in [-0.3, -0.25) is 9.69 Å². The van der Waals surface area contributed by atoms with Gasteiger partial charge < -0.3 is 10.1 Å². The van der Waals surface area contributed by atoms with Crippen LogP contribution in [0.3, 0.4) is 0 Å². The molecule has 29 heavy (non-hydrogen) atoms. The molecule has 1 heterocycles. The molecule has 0 saturated carbocycles. The number of ether oxygens (including phenoxy) is 1. The van der Waals surface area contributed by atoms with Crippen molar-refractivity contribution in [3.63, 3.8) is 0 Å². The van der Waals surface area contributed by atoms with Gasteiger partial charge in [0.1, 0.15) is 0 Å². The van der Waals surface area contributed by atoms with E-state index in [1.807, 2.05) is 17.4 Å². The maximum atomic E-state index is 14.4. The second-order valence-corrected chi connectivity index (χ2v) is 6.69. The van der Waals surface area contributed by atoms with Crippen molar-refractivity contribution >= 4 is 11.9 Å². The first kappa shape index (κ1) is 20.9. The van der Waals surface area contributed by atoms with Gasteiger partial charge in [-0.05, 0) is 36.6 Å². The van der Waals surface area contributed by atoms with Gasteiger partial charge in [-0.1, -0.05) is 42.5 Å². The van der Waals surface area contributed by atoms with Gasteiger partial charge in [0.05, 0.1) is 6.61 Å². The maximum absolute atomic E-state index is 14.4. The summed E-state index contributed by atoms with van der Waals surface area (Å²) in [6, 6.07) is 14.6. The molecule has 0 spiro atoms. The summed E-state index contributed by atoms with van der Waals surface area (Å²) in [6.45, 7) is 0.958. The van der Waals surface area contributed by atoms with Crippen LogP contribution in [-0.4, -0.2) is 41.8 Å². The lowest BCUT2D eigenvalue weighted by Gasteiger charge is -2.44. The molecule has 0 bridgehead atoms. The summed E-state index contributed by atoms with van der Waals surface area (Å²) >= 11 is 0. The Balaban J connectivity index is 2.05. The van der Waals surface area contributed by atoms with Gasteiger partial charge in [0, 0.05) is 18.7 Å². The third-order valence-electron chi connectivity index (χ3n) is 4.92. The minimum Gasteiger partial charge on any atom is -0.463 e. The van der Waals surface area contributed by atoms with Crippen molar-refractivity contribution in [3.05, 3.63) is 71.3 Å². The molecule has 1 aliphatic rings. The fourth-order valence-electron chi connectivity index (χ4n) is 3.47. The molecular formula is C21H21F3N2O3. The largest absolute Gasteiger partial charge is 0.463 e. The molecule has 1 N–H and O–H groups in total. The van der Waals surface area contributed by atoms with Crippen molar-refractivity contribution in [2.75, 3.05) is 13.2 Å². The van der Waals surface area contributed by atoms with Crippen LogP contribution in [0.4, 0.5) is 13.2 Å². The maximum Gasteiger partial charge on any atom is 0.436 e. The van der Waals surface area contributed by atoms with Gasteiger partial charge >= 0.3 is 12.1 Å². The van der Waals surface area contributed by atoms with Gasteiger partial charge in [-0.25, -0.2) is 4.79 Å². The van der Waals surface area contributed by atoms with Crippen LogP contribution in [-0.2, 0) is 22.5 Å². The van der Waals surface area contributed by atoms with Crippen molar-refractivity contribution in [2.45, 2.75) is 31.7 Å². The molecule has 2 aromatic carbocycles. The summed E-state index contributed by atoms with van der Waals surface area (Å²) in [7, 11) is 0. The highest BCUT2D eigenvalue weighted by Gasteiger charge is 2.66. The number of benzene rings is 2. The van der Waals surface area contributed by atoms with Crippen LogP contribution in [0.1, 0.15) is 28.4 Å². The number of fused-ring (bicyclic) bond motifs is 1. The van der Waals surface area contributed by atoms with Crippen LogP contribution in [0.15, 0.2) is 54.6 Å². The van der Waals surface area contributed by atoms with Crippen molar-refractivity contribution in [1.29, 1.82) is 0 Å². The van der Waals surface area contributed by atoms with Crippen molar-refractivity contribution < 1.29 is 27.5 Å². The first-order valence-electron chi connectivity index (χ1n) is 9.23. The third-order valence-corrected chi connectivity index (χ3v) is 4.92. The van der Waals surface area contributed by atoms with E-state index in [4.69, 9.17) is 4.74 Å². The standard InChI is InChI=1S/C21H21F3N2O3/c1-2-29-19(28)20(21(22,23)24,25-18(27)16-9-4-3-5-10-16)26-13-12-15-8-6-7-11-17(15)14-26/h3-11H,2,12-14H2,1H3,(H,25,27)/t20-/m0/s1. The van der Waals surface area contributed by atoms with Crippen LogP contribution >= 0.6 is 0 Å². The normalized spacial score (nSPS) is 16.4. The van der Waals surface area contributed by atoms with Crippen LogP contribution in [0, 0.1) is 0 Å². The summed E-state index contributed by atoms with van der Waals surface area (Å²) in [5, 5.41) is 1.96. The average molecular weight is 406 g/mol. The number of amides is 1. The molecule has 0 unspecified atom stereocenters. The molecule has 0 radical (unpaired) electrons. The molecule has 0 aromatic heterocycles. The number of halogens is 3. The molecule has 2 aromatic rings. The fourth-order valence-corrected chi connectivity index (χ4v) is 3.47. The molecule has 3 rings (SSSR count). The Bertz CT molecular complexity index is 886. The SMILES string of the molecule is CCOC(=O)[C@](NC(=O)c1ccccc1)(N1CCc2ccccc2C1)C(F)(F)F. The molecule has 0 aliphatic carbocycles. The Hall–Kier alpha value is -2.87. The summed E-state index contributed by atoms with van der Waals surface area (Å²) in [5.74, 6) is -2.55. The van der Waals surface area contributed by atoms with E-state index in [-0.39, 0.29) is 25.3 Å². The summed E-state index contributed by atoms with van der Waals surface area (Å²) < 4.78 is 48.1. The molecule has 8 heteroatoms. The van der Waals surface area contributed by atoms with Gasteiger partial charge in [0.2, 0.25) is 0 Å². The molecule has 1 aliphatic heterocycles. The van der Waals surface area contributed by atoms with Crippen LogP contribution in [0.2, 0.25) is 0 Å². The minimum absolute atomic E-state index is 0.0165. The predicted molar refractivity (Wildman–Crippen MR) is 99.9 cm³/mol. The fraction of sp³-hybridized carbons (Fsp3) is 0.333. The summed E-state index contributed by atoms with van der Waals surface area (Å²) in [5.41, 5.74) is -1.68. The van der Waals surface area contributed by atoms with Crippen molar-refractivity contribution in [2.24, 2.45) is 0 Å². The second kappa shape index (κ2) is 8.24. The van der Waals surface area contributed by atoms with Crippen LogP contribution < -0.4 is 5.32 Å². The Morgan fingerprint density at radius 3 is 2.28 bits per heavy atom. The number of carbonyl (C=O) groups excluding carboxylic acids is 2. The first-order chi connectivity index (χ1) is 13.8. The minimum atomic E-state index is -5.10. The molecule has 0 fully saturated rings. The number of esters is 1. The number of carbonyl (C=O) groups is 2. The Labute approximate surface area is 166 Å². The van der Waals surface area contributed by atoms with E-state index >= 15 is 0 Å². The molecule has 0 saturated heterocycles. The van der Waals surface area contributed by atoms with E-state index in [0.717, 1.165) is 10.5 Å². The second-order valence-electron chi connectivity index (χ2n) is 6.69. The van der Waals surface area contributed by atoms with E-state index in [1.54, 1.807) is 18.2 Å². The number of alkyl halides is 3. The van der Waals surface area contributed by atoms with E-state index < -0.39 is 23.7 Å². The number of nitrogens with zero attached hydrogens (tertiary/aromatic N) is 1. The third kappa shape index (κ3) is 3.98. The van der Waals surface area contributed by atoms with E-state index in [2.05, 4.69) is 0 Å². The number of nitrogens with one attached hydrogen (secondary N) is 1. The van der Waals surface area contributed by atoms with E-state index in [0.29, 0.717) is 12.0 Å². The van der Waals surface area contributed by atoms with E-state index in [9.17, 15) is 22.8 Å². The Morgan fingerprint density at radius 2 is 1.66 bits per heavy atom. The summed E-state index contributed by atoms with van der Waals surface area (Å²) in [6.07, 6.45) is -4.79. The Morgan fingerprint density at radius 1 is 1.03 bits per heavy atom. The zero-order valence-electron chi connectivity index (χ0n) is 15.8. The quantitative estimate of drug-likeness (QED) is 0.775. The first-order valence-corrected chi connectivity index (χ1v) is 9.23. The summed E-state index contributed by atoms with van der Waals surface area (Å²) in [4.78, 5) is 26.3. The number of rotatable bonds is 5. The lowest BCUT2D eigenvalue weighted by Crippen LogP contribution is -2.74. The molecule has 1 atom stereocenters. The van der Waals surface area contributed by atoms with Crippen molar-refractivity contribution in [1.82, 2.24) is 10.2 Å². The molecule has 5 nitrogen and oxygen atoms in total. The monoisotopic (exact) mass is 406 g/mol. The van der Waals surface area contributed by atoms with Gasteiger partial charge in [0.15, 0.2) is 0 Å². The molecular weight excluding hydrogens is 385 g/mol. The smallest absolute Gasteiger partial charge is 0.436 e. The van der Waals surface area contributed by atoms with Gasteiger partial charge in [-0.15, -0.1) is 0 Å². The van der Waals surface area contributed by atoms with Crippen molar-refractivity contribution in [3.8, 4) is 0 Å². The Kier molecular flexibility index (Phi) is 5.93. The van der Waals surface area contributed by atoms with Gasteiger partial charge in [0.25, 0.3) is 11.6 Å². The zero-order chi connectivity index (χ0) is 21.1. The number of hydrogen-bond donors (Lipinski definition) is 1. The van der Waals surface area contributed by atoms with Crippen LogP contribution in [0.5, 0.6) is 0 Å². The van der Waals surface area contributed by atoms with E-state index in [1.165, 1.54) is 31.2 Å². The number of hydrogen-bond acceptors (Lipinski definition) is 4. The van der Waals surface area contributed by atoms with Gasteiger partial charge in [-0.2, -0.15) is 13.2 Å².